The zero-order chi connectivity index (χ0) is 14.5. The smallest absolute Gasteiger partial charge is 0.137 e. The highest BCUT2D eigenvalue weighted by molar-refractivity contribution is 5.14. The normalized spacial score (nSPS) is 20.7. The van der Waals surface area contributed by atoms with Crippen LogP contribution in [0.5, 0.6) is 0 Å². The summed E-state index contributed by atoms with van der Waals surface area (Å²) in [5.74, 6) is 0. The molecule has 1 aliphatic rings. The van der Waals surface area contributed by atoms with Gasteiger partial charge in [0.05, 0.1) is 6.54 Å². The Bertz CT molecular complexity index is 523. The minimum Gasteiger partial charge on any atom is -0.296 e. The Labute approximate surface area is 126 Å². The first kappa shape index (κ1) is 14.3. The number of nitrogens with zero attached hydrogens (tertiary/aromatic N) is 4. The third kappa shape index (κ3) is 3.70. The van der Waals surface area contributed by atoms with E-state index in [1.807, 2.05) is 11.0 Å². The quantitative estimate of drug-likeness (QED) is 0.818. The molecule has 2 unspecified atom stereocenters. The molecule has 4 nitrogen and oxygen atoms in total. The molecule has 2 heterocycles. The van der Waals surface area contributed by atoms with Crippen LogP contribution in [0, 0.1) is 0 Å². The van der Waals surface area contributed by atoms with Crippen LogP contribution < -0.4 is 0 Å². The number of aryl methyl sites for hydroxylation is 1. The van der Waals surface area contributed by atoms with E-state index in [0.717, 1.165) is 13.0 Å². The summed E-state index contributed by atoms with van der Waals surface area (Å²) >= 11 is 0. The van der Waals surface area contributed by atoms with Gasteiger partial charge in [0.1, 0.15) is 12.7 Å². The fourth-order valence-electron chi connectivity index (χ4n) is 3.36. The van der Waals surface area contributed by atoms with Crippen LogP contribution in [0.3, 0.4) is 0 Å². The van der Waals surface area contributed by atoms with Gasteiger partial charge in [0, 0.05) is 12.1 Å². The summed E-state index contributed by atoms with van der Waals surface area (Å²) in [6.45, 7) is 4.55. The third-order valence-electron chi connectivity index (χ3n) is 4.55. The van der Waals surface area contributed by atoms with Crippen LogP contribution in [0.2, 0.25) is 0 Å². The molecule has 1 saturated heterocycles. The Hall–Kier alpha value is -1.68. The molecule has 1 aliphatic heterocycles. The van der Waals surface area contributed by atoms with Crippen LogP contribution in [0.15, 0.2) is 43.0 Å². The van der Waals surface area contributed by atoms with Crippen LogP contribution in [-0.2, 0) is 13.0 Å². The average Bonchev–Trinajstić information content (AvgIpc) is 3.18. The fourth-order valence-corrected chi connectivity index (χ4v) is 3.36. The summed E-state index contributed by atoms with van der Waals surface area (Å²) in [5, 5.41) is 4.25. The number of benzene rings is 1. The molecule has 21 heavy (non-hydrogen) atoms. The van der Waals surface area contributed by atoms with Gasteiger partial charge >= 0.3 is 0 Å². The molecular weight excluding hydrogens is 260 g/mol. The van der Waals surface area contributed by atoms with E-state index in [1.165, 1.54) is 31.4 Å². The molecule has 0 bridgehead atoms. The lowest BCUT2D eigenvalue weighted by atomic mass is 10.0. The van der Waals surface area contributed by atoms with Gasteiger partial charge in [-0.25, -0.2) is 4.98 Å². The van der Waals surface area contributed by atoms with Gasteiger partial charge in [0.25, 0.3) is 0 Å². The Balaban J connectivity index is 1.54. The van der Waals surface area contributed by atoms with Crippen LogP contribution in [0.4, 0.5) is 0 Å². The second-order valence-electron chi connectivity index (χ2n) is 6.02. The van der Waals surface area contributed by atoms with Crippen molar-refractivity contribution in [3.63, 3.8) is 0 Å². The average molecular weight is 284 g/mol. The Morgan fingerprint density at radius 2 is 2.14 bits per heavy atom. The zero-order valence-electron chi connectivity index (χ0n) is 12.7. The van der Waals surface area contributed by atoms with Gasteiger partial charge in [-0.1, -0.05) is 30.3 Å². The molecular formula is C17H24N4. The largest absolute Gasteiger partial charge is 0.296 e. The van der Waals surface area contributed by atoms with Crippen molar-refractivity contribution in [2.75, 3.05) is 6.54 Å². The van der Waals surface area contributed by atoms with Crippen molar-refractivity contribution in [2.45, 2.75) is 51.2 Å². The Morgan fingerprint density at radius 3 is 2.90 bits per heavy atom. The maximum Gasteiger partial charge on any atom is 0.137 e. The molecule has 0 amide bonds. The first-order valence-corrected chi connectivity index (χ1v) is 7.95. The highest BCUT2D eigenvalue weighted by Gasteiger charge is 2.28. The van der Waals surface area contributed by atoms with Gasteiger partial charge in [-0.05, 0) is 44.7 Å². The van der Waals surface area contributed by atoms with Crippen molar-refractivity contribution < 1.29 is 0 Å². The van der Waals surface area contributed by atoms with E-state index < -0.39 is 0 Å². The molecule has 1 fully saturated rings. The van der Waals surface area contributed by atoms with E-state index in [9.17, 15) is 0 Å². The topological polar surface area (TPSA) is 34.0 Å². The monoisotopic (exact) mass is 284 g/mol. The van der Waals surface area contributed by atoms with Gasteiger partial charge in [-0.15, -0.1) is 0 Å². The van der Waals surface area contributed by atoms with E-state index in [-0.39, 0.29) is 0 Å². The molecule has 2 aromatic rings. The molecule has 3 rings (SSSR count). The number of hydrogen-bond donors (Lipinski definition) is 0. The minimum atomic E-state index is 0.609. The van der Waals surface area contributed by atoms with E-state index in [0.29, 0.717) is 12.1 Å². The third-order valence-corrected chi connectivity index (χ3v) is 4.55. The van der Waals surface area contributed by atoms with Gasteiger partial charge in [-0.2, -0.15) is 5.10 Å². The molecule has 4 heteroatoms. The van der Waals surface area contributed by atoms with E-state index in [1.54, 1.807) is 6.33 Å². The summed E-state index contributed by atoms with van der Waals surface area (Å²) < 4.78 is 1.97. The van der Waals surface area contributed by atoms with Crippen molar-refractivity contribution in [1.82, 2.24) is 19.7 Å². The second-order valence-corrected chi connectivity index (χ2v) is 6.02. The summed E-state index contributed by atoms with van der Waals surface area (Å²) in [4.78, 5) is 6.70. The number of hydrogen-bond acceptors (Lipinski definition) is 3. The van der Waals surface area contributed by atoms with Gasteiger partial charge < -0.3 is 0 Å². The van der Waals surface area contributed by atoms with Crippen LogP contribution in [0.25, 0.3) is 0 Å². The first-order chi connectivity index (χ1) is 10.3. The maximum atomic E-state index is 4.25. The van der Waals surface area contributed by atoms with Gasteiger partial charge in [0.2, 0.25) is 0 Å². The summed E-state index contributed by atoms with van der Waals surface area (Å²) in [6, 6.07) is 12.0. The number of rotatable bonds is 6. The maximum absolute atomic E-state index is 4.25. The van der Waals surface area contributed by atoms with Crippen molar-refractivity contribution in [3.05, 3.63) is 48.5 Å². The highest BCUT2D eigenvalue weighted by Crippen LogP contribution is 2.23. The van der Waals surface area contributed by atoms with E-state index in [4.69, 9.17) is 0 Å². The lowest BCUT2D eigenvalue weighted by Crippen LogP contribution is -2.40. The molecule has 2 atom stereocenters. The highest BCUT2D eigenvalue weighted by atomic mass is 15.3. The Morgan fingerprint density at radius 1 is 1.29 bits per heavy atom. The van der Waals surface area contributed by atoms with Crippen molar-refractivity contribution in [1.29, 1.82) is 0 Å². The molecule has 0 saturated carbocycles. The minimum absolute atomic E-state index is 0.609. The second kappa shape index (κ2) is 6.85. The number of aromatic nitrogens is 3. The first-order valence-electron chi connectivity index (χ1n) is 7.95. The summed E-state index contributed by atoms with van der Waals surface area (Å²) in [6.07, 6.45) is 8.40. The van der Waals surface area contributed by atoms with E-state index >= 15 is 0 Å². The molecule has 0 spiro atoms. The predicted molar refractivity (Wildman–Crippen MR) is 84.0 cm³/mol. The van der Waals surface area contributed by atoms with Gasteiger partial charge in [-0.3, -0.25) is 9.58 Å². The van der Waals surface area contributed by atoms with Crippen LogP contribution in [-0.4, -0.2) is 38.3 Å². The molecule has 1 aromatic carbocycles. The standard InChI is InChI=1S/C17H24N4/c1-15(9-10-16-6-3-2-4-7-16)21-11-5-8-17(21)12-20-14-18-13-19-20/h2-4,6-7,13-15,17H,5,8-12H2,1H3. The zero-order valence-corrected chi connectivity index (χ0v) is 12.7. The van der Waals surface area contributed by atoms with Crippen molar-refractivity contribution in [2.24, 2.45) is 0 Å². The van der Waals surface area contributed by atoms with Crippen LogP contribution >= 0.6 is 0 Å². The predicted octanol–water partition coefficient (Wildman–Crippen LogP) is 2.76. The SMILES string of the molecule is CC(CCc1ccccc1)N1CCCC1Cn1cncn1. The van der Waals surface area contributed by atoms with E-state index in [2.05, 4.69) is 52.2 Å². The fraction of sp³-hybridized carbons (Fsp3) is 0.529. The summed E-state index contributed by atoms with van der Waals surface area (Å²) in [7, 11) is 0. The molecule has 112 valence electrons. The number of likely N-dealkylation sites (tertiary alicyclic amines) is 1. The molecule has 0 aliphatic carbocycles. The lowest BCUT2D eigenvalue weighted by molar-refractivity contribution is 0.165. The molecule has 0 N–H and O–H groups in total. The summed E-state index contributed by atoms with van der Waals surface area (Å²) in [5.41, 5.74) is 1.44. The lowest BCUT2D eigenvalue weighted by Gasteiger charge is -2.30. The van der Waals surface area contributed by atoms with Crippen molar-refractivity contribution >= 4 is 0 Å². The van der Waals surface area contributed by atoms with Crippen molar-refractivity contribution in [3.8, 4) is 0 Å². The van der Waals surface area contributed by atoms with Crippen LogP contribution in [0.1, 0.15) is 31.7 Å². The van der Waals surface area contributed by atoms with Gasteiger partial charge in [0.15, 0.2) is 0 Å². The molecule has 1 aromatic heterocycles. The Kier molecular flexibility index (Phi) is 4.65. The molecule has 0 radical (unpaired) electrons.